The lowest BCUT2D eigenvalue weighted by Crippen LogP contribution is -2.06. The van der Waals surface area contributed by atoms with E-state index in [-0.39, 0.29) is 17.4 Å². The first kappa shape index (κ1) is 14.7. The van der Waals surface area contributed by atoms with Crippen LogP contribution in [-0.2, 0) is 0 Å². The first-order chi connectivity index (χ1) is 11.2. The van der Waals surface area contributed by atoms with Crippen molar-refractivity contribution in [3.8, 4) is 11.6 Å². The predicted molar refractivity (Wildman–Crippen MR) is 86.9 cm³/mol. The molecule has 0 spiro atoms. The zero-order valence-electron chi connectivity index (χ0n) is 12.4. The van der Waals surface area contributed by atoms with E-state index >= 15 is 0 Å². The van der Waals surface area contributed by atoms with Crippen LogP contribution in [0.5, 0.6) is 11.6 Å². The molecule has 0 aliphatic heterocycles. The van der Waals surface area contributed by atoms with Crippen LogP contribution in [0.25, 0.3) is 10.8 Å². The van der Waals surface area contributed by atoms with E-state index in [0.29, 0.717) is 12.3 Å². The Morgan fingerprint density at radius 1 is 1.17 bits per heavy atom. The molecule has 2 aromatic carbocycles. The fourth-order valence-electron chi connectivity index (χ4n) is 2.29. The van der Waals surface area contributed by atoms with Crippen molar-refractivity contribution in [1.82, 2.24) is 9.97 Å². The summed E-state index contributed by atoms with van der Waals surface area (Å²) in [5, 5.41) is 16.1. The lowest BCUT2D eigenvalue weighted by molar-refractivity contribution is -0.385. The highest BCUT2D eigenvalue weighted by atomic mass is 16.6. The molecule has 0 aliphatic carbocycles. The van der Waals surface area contributed by atoms with E-state index in [1.54, 1.807) is 6.07 Å². The SMILES string of the molecule is CCNc1ncnc(Oc2cccc3ccccc23)c1[N+](=O)[O-]. The van der Waals surface area contributed by atoms with E-state index in [0.717, 1.165) is 10.8 Å². The van der Waals surface area contributed by atoms with E-state index in [9.17, 15) is 10.1 Å². The summed E-state index contributed by atoms with van der Waals surface area (Å²) >= 11 is 0. The Hall–Kier alpha value is -3.22. The van der Waals surface area contributed by atoms with Gasteiger partial charge in [-0.2, -0.15) is 4.98 Å². The third-order valence-electron chi connectivity index (χ3n) is 3.27. The van der Waals surface area contributed by atoms with Gasteiger partial charge in [-0.1, -0.05) is 36.4 Å². The van der Waals surface area contributed by atoms with Crippen molar-refractivity contribution in [2.75, 3.05) is 11.9 Å². The number of nitrogens with zero attached hydrogens (tertiary/aromatic N) is 3. The van der Waals surface area contributed by atoms with Gasteiger partial charge in [0, 0.05) is 11.9 Å². The van der Waals surface area contributed by atoms with Gasteiger partial charge < -0.3 is 10.1 Å². The molecule has 0 unspecified atom stereocenters. The topological polar surface area (TPSA) is 90.2 Å². The van der Waals surface area contributed by atoms with Crippen LogP contribution in [0.3, 0.4) is 0 Å². The van der Waals surface area contributed by atoms with Gasteiger partial charge in [-0.05, 0) is 18.4 Å². The Morgan fingerprint density at radius 3 is 2.74 bits per heavy atom. The minimum absolute atomic E-state index is 0.0858. The molecule has 3 rings (SSSR count). The molecule has 116 valence electrons. The number of hydrogen-bond acceptors (Lipinski definition) is 6. The Balaban J connectivity index is 2.09. The molecule has 0 radical (unpaired) electrons. The number of anilines is 1. The quantitative estimate of drug-likeness (QED) is 0.570. The van der Waals surface area contributed by atoms with Crippen molar-refractivity contribution in [1.29, 1.82) is 0 Å². The molecule has 1 aromatic heterocycles. The molecule has 0 atom stereocenters. The smallest absolute Gasteiger partial charge is 0.373 e. The summed E-state index contributed by atoms with van der Waals surface area (Å²) in [6.07, 6.45) is 1.24. The number of fused-ring (bicyclic) bond motifs is 1. The fourth-order valence-corrected chi connectivity index (χ4v) is 2.29. The third kappa shape index (κ3) is 2.89. The number of ether oxygens (including phenoxy) is 1. The average molecular weight is 310 g/mol. The highest BCUT2D eigenvalue weighted by Gasteiger charge is 2.25. The molecular weight excluding hydrogens is 296 g/mol. The first-order valence-corrected chi connectivity index (χ1v) is 7.09. The van der Waals surface area contributed by atoms with Crippen LogP contribution in [0.1, 0.15) is 6.92 Å². The standard InChI is InChI=1S/C16H14N4O3/c1-2-17-15-14(20(21)22)16(19-10-18-15)23-13-9-5-7-11-6-3-4-8-12(11)13/h3-10H,2H2,1H3,(H,17,18,19). The predicted octanol–water partition coefficient (Wildman–Crippen LogP) is 3.76. The number of benzene rings is 2. The van der Waals surface area contributed by atoms with Crippen LogP contribution in [0, 0.1) is 10.1 Å². The zero-order valence-corrected chi connectivity index (χ0v) is 12.4. The highest BCUT2D eigenvalue weighted by molar-refractivity contribution is 5.88. The lowest BCUT2D eigenvalue weighted by atomic mass is 10.1. The number of rotatable bonds is 5. The maximum absolute atomic E-state index is 11.4. The second-order valence-corrected chi connectivity index (χ2v) is 4.74. The summed E-state index contributed by atoms with van der Waals surface area (Å²) in [4.78, 5) is 18.7. The molecule has 0 saturated heterocycles. The molecule has 1 N–H and O–H groups in total. The van der Waals surface area contributed by atoms with Crippen LogP contribution < -0.4 is 10.1 Å². The Kier molecular flexibility index (Phi) is 4.01. The van der Waals surface area contributed by atoms with Crippen LogP contribution in [0.2, 0.25) is 0 Å². The van der Waals surface area contributed by atoms with Crippen LogP contribution in [0.15, 0.2) is 48.8 Å². The zero-order chi connectivity index (χ0) is 16.2. The second kappa shape index (κ2) is 6.27. The van der Waals surface area contributed by atoms with Crippen LogP contribution in [-0.4, -0.2) is 21.4 Å². The molecule has 23 heavy (non-hydrogen) atoms. The van der Waals surface area contributed by atoms with Crippen molar-refractivity contribution < 1.29 is 9.66 Å². The van der Waals surface area contributed by atoms with Crippen molar-refractivity contribution in [2.45, 2.75) is 6.92 Å². The third-order valence-corrected chi connectivity index (χ3v) is 3.27. The van der Waals surface area contributed by atoms with Gasteiger partial charge in [0.25, 0.3) is 0 Å². The van der Waals surface area contributed by atoms with Crippen molar-refractivity contribution in [3.05, 3.63) is 58.9 Å². The molecule has 7 heteroatoms. The second-order valence-electron chi connectivity index (χ2n) is 4.74. The molecule has 1 heterocycles. The van der Waals surface area contributed by atoms with Crippen LogP contribution in [0.4, 0.5) is 11.5 Å². The molecule has 0 amide bonds. The van der Waals surface area contributed by atoms with E-state index < -0.39 is 4.92 Å². The van der Waals surface area contributed by atoms with Gasteiger partial charge in [0.2, 0.25) is 5.82 Å². The maximum atomic E-state index is 11.4. The Labute approximate surface area is 132 Å². The van der Waals surface area contributed by atoms with E-state index in [1.807, 2.05) is 43.3 Å². The summed E-state index contributed by atoms with van der Waals surface area (Å²) in [6, 6.07) is 13.2. The van der Waals surface area contributed by atoms with Crippen molar-refractivity contribution in [3.63, 3.8) is 0 Å². The van der Waals surface area contributed by atoms with Crippen molar-refractivity contribution in [2.24, 2.45) is 0 Å². The largest absolute Gasteiger partial charge is 0.433 e. The maximum Gasteiger partial charge on any atom is 0.373 e. The molecule has 0 bridgehead atoms. The first-order valence-electron chi connectivity index (χ1n) is 7.09. The van der Waals surface area contributed by atoms with E-state index in [1.165, 1.54) is 6.33 Å². The minimum Gasteiger partial charge on any atom is -0.433 e. The van der Waals surface area contributed by atoms with Crippen LogP contribution >= 0.6 is 0 Å². The Morgan fingerprint density at radius 2 is 1.96 bits per heavy atom. The molecule has 7 nitrogen and oxygen atoms in total. The van der Waals surface area contributed by atoms with Crippen molar-refractivity contribution >= 4 is 22.3 Å². The summed E-state index contributed by atoms with van der Waals surface area (Å²) in [5.41, 5.74) is -0.276. The summed E-state index contributed by atoms with van der Waals surface area (Å²) < 4.78 is 5.74. The summed E-state index contributed by atoms with van der Waals surface area (Å²) in [7, 11) is 0. The van der Waals surface area contributed by atoms with Gasteiger partial charge in [0.15, 0.2) is 0 Å². The minimum atomic E-state index is -0.543. The monoisotopic (exact) mass is 310 g/mol. The van der Waals surface area contributed by atoms with Gasteiger partial charge >= 0.3 is 11.6 Å². The van der Waals surface area contributed by atoms with E-state index in [2.05, 4.69) is 15.3 Å². The fraction of sp³-hybridized carbons (Fsp3) is 0.125. The van der Waals surface area contributed by atoms with Gasteiger partial charge in [0.1, 0.15) is 12.1 Å². The number of nitrogens with one attached hydrogen (secondary N) is 1. The molecular formula is C16H14N4O3. The number of hydrogen-bond donors (Lipinski definition) is 1. The number of nitro groups is 1. The van der Waals surface area contributed by atoms with Gasteiger partial charge in [-0.3, -0.25) is 10.1 Å². The highest BCUT2D eigenvalue weighted by Crippen LogP contribution is 2.36. The molecule has 3 aromatic rings. The number of aromatic nitrogens is 2. The van der Waals surface area contributed by atoms with Gasteiger partial charge in [-0.15, -0.1) is 0 Å². The molecule has 0 fully saturated rings. The van der Waals surface area contributed by atoms with E-state index in [4.69, 9.17) is 4.74 Å². The molecule has 0 saturated carbocycles. The lowest BCUT2D eigenvalue weighted by Gasteiger charge is -2.10. The Bertz CT molecular complexity index is 862. The summed E-state index contributed by atoms with van der Waals surface area (Å²) in [5.74, 6) is 0.562. The summed E-state index contributed by atoms with van der Waals surface area (Å²) in [6.45, 7) is 2.34. The molecule has 0 aliphatic rings. The van der Waals surface area contributed by atoms with Gasteiger partial charge in [0.05, 0.1) is 4.92 Å². The van der Waals surface area contributed by atoms with Gasteiger partial charge in [-0.25, -0.2) is 4.98 Å². The normalized spacial score (nSPS) is 10.5. The average Bonchev–Trinajstić information content (AvgIpc) is 2.55.